The smallest absolute Gasteiger partial charge is 0.238 e. The molecule has 2 rings (SSSR count). The lowest BCUT2D eigenvalue weighted by Gasteiger charge is -2.25. The number of methoxy groups -OCH3 is 1. The first-order chi connectivity index (χ1) is 13.7. The summed E-state index contributed by atoms with van der Waals surface area (Å²) >= 11 is 12.1. The summed E-state index contributed by atoms with van der Waals surface area (Å²) in [4.78, 5) is 26.6. The van der Waals surface area contributed by atoms with Gasteiger partial charge < -0.3 is 15.4 Å². The Morgan fingerprint density at radius 3 is 2.52 bits per heavy atom. The maximum absolute atomic E-state index is 12.6. The minimum Gasteiger partial charge on any atom is -0.497 e. The molecule has 2 atom stereocenters. The van der Waals surface area contributed by atoms with E-state index in [0.29, 0.717) is 21.5 Å². The molecule has 0 saturated heterocycles. The van der Waals surface area contributed by atoms with Crippen LogP contribution < -0.4 is 15.4 Å². The molecule has 2 aromatic rings. The van der Waals surface area contributed by atoms with Crippen molar-refractivity contribution in [3.63, 3.8) is 0 Å². The molecule has 2 amide bonds. The average molecular weight is 438 g/mol. The first-order valence-corrected chi connectivity index (χ1v) is 9.86. The van der Waals surface area contributed by atoms with Gasteiger partial charge in [-0.25, -0.2) is 0 Å². The number of benzene rings is 2. The van der Waals surface area contributed by atoms with Gasteiger partial charge in [0.05, 0.1) is 25.7 Å². The van der Waals surface area contributed by atoms with Gasteiger partial charge in [-0.3, -0.25) is 14.5 Å². The second-order valence-corrected chi connectivity index (χ2v) is 7.61. The molecule has 0 heterocycles. The lowest BCUT2D eigenvalue weighted by Crippen LogP contribution is -2.46. The Hall–Kier alpha value is -2.28. The van der Waals surface area contributed by atoms with E-state index in [-0.39, 0.29) is 24.4 Å². The van der Waals surface area contributed by atoms with E-state index in [1.165, 1.54) is 0 Å². The number of carbonyl (C=O) groups is 2. The van der Waals surface area contributed by atoms with E-state index in [1.807, 2.05) is 6.92 Å². The number of ether oxygens (including phenoxy) is 1. The van der Waals surface area contributed by atoms with Crippen LogP contribution in [0.3, 0.4) is 0 Å². The summed E-state index contributed by atoms with van der Waals surface area (Å²) in [6.07, 6.45) is 0. The van der Waals surface area contributed by atoms with Crippen molar-refractivity contribution in [3.8, 4) is 5.75 Å². The Balaban J connectivity index is 1.91. The van der Waals surface area contributed by atoms with Crippen molar-refractivity contribution in [2.24, 2.45) is 0 Å². The third-order valence-electron chi connectivity index (χ3n) is 4.57. The minimum absolute atomic E-state index is 0.0574. The number of likely N-dealkylation sites (N-methyl/N-ethyl adjacent to an activating group) is 1. The third kappa shape index (κ3) is 6.63. The molecule has 0 saturated carbocycles. The molecular formula is C21H25Cl2N3O3. The fourth-order valence-electron chi connectivity index (χ4n) is 2.73. The standard InChI is InChI=1S/C21H25Cl2N3O3/c1-13(18-9-8-15(22)10-19(18)23)24-21(28)14(2)26(3)12-20(27)25-16-6-5-7-17(11-16)29-4/h5-11,13-14H,12H2,1-4H3,(H,24,28)(H,25,27)/t13-,14+/m1/s1. The van der Waals surface area contributed by atoms with E-state index < -0.39 is 6.04 Å². The summed E-state index contributed by atoms with van der Waals surface area (Å²) in [5.41, 5.74) is 1.40. The van der Waals surface area contributed by atoms with E-state index in [2.05, 4.69) is 10.6 Å². The molecule has 0 spiro atoms. The van der Waals surface area contributed by atoms with Crippen molar-refractivity contribution in [3.05, 3.63) is 58.1 Å². The van der Waals surface area contributed by atoms with Crippen LogP contribution >= 0.6 is 23.2 Å². The van der Waals surface area contributed by atoms with Crippen LogP contribution in [-0.2, 0) is 9.59 Å². The molecule has 0 aliphatic rings. The molecule has 2 N–H and O–H groups in total. The van der Waals surface area contributed by atoms with E-state index >= 15 is 0 Å². The average Bonchev–Trinajstić information content (AvgIpc) is 2.67. The number of nitrogens with zero attached hydrogens (tertiary/aromatic N) is 1. The van der Waals surface area contributed by atoms with Crippen LogP contribution in [0.2, 0.25) is 10.0 Å². The van der Waals surface area contributed by atoms with Gasteiger partial charge >= 0.3 is 0 Å². The molecule has 0 aliphatic heterocycles. The quantitative estimate of drug-likeness (QED) is 0.650. The predicted octanol–water partition coefficient (Wildman–Crippen LogP) is 4.14. The van der Waals surface area contributed by atoms with Crippen LogP contribution in [0.25, 0.3) is 0 Å². The molecule has 6 nitrogen and oxygen atoms in total. The van der Waals surface area contributed by atoms with E-state index in [9.17, 15) is 9.59 Å². The minimum atomic E-state index is -0.514. The van der Waals surface area contributed by atoms with Crippen LogP contribution in [-0.4, -0.2) is 43.5 Å². The predicted molar refractivity (Wildman–Crippen MR) is 117 cm³/mol. The SMILES string of the molecule is COc1cccc(NC(=O)CN(C)[C@@H](C)C(=O)N[C@H](C)c2ccc(Cl)cc2Cl)c1. The van der Waals surface area contributed by atoms with E-state index in [1.54, 1.807) is 68.4 Å². The molecule has 0 aromatic heterocycles. The van der Waals surface area contributed by atoms with Gasteiger partial charge in [0.15, 0.2) is 0 Å². The lowest BCUT2D eigenvalue weighted by molar-refractivity contribution is -0.127. The number of anilines is 1. The zero-order valence-electron chi connectivity index (χ0n) is 16.8. The van der Waals surface area contributed by atoms with Crippen LogP contribution in [0, 0.1) is 0 Å². The number of hydrogen-bond acceptors (Lipinski definition) is 4. The van der Waals surface area contributed by atoms with E-state index in [0.717, 1.165) is 5.56 Å². The Bertz CT molecular complexity index is 876. The van der Waals surface area contributed by atoms with Crippen LogP contribution in [0.15, 0.2) is 42.5 Å². The Morgan fingerprint density at radius 2 is 1.86 bits per heavy atom. The largest absolute Gasteiger partial charge is 0.497 e. The Labute approximate surface area is 181 Å². The number of halogens is 2. The molecule has 29 heavy (non-hydrogen) atoms. The molecule has 2 aromatic carbocycles. The topological polar surface area (TPSA) is 70.7 Å². The van der Waals surface area contributed by atoms with Gasteiger partial charge in [0, 0.05) is 21.8 Å². The first-order valence-electron chi connectivity index (χ1n) is 9.10. The van der Waals surface area contributed by atoms with Crippen LogP contribution in [0.1, 0.15) is 25.5 Å². The highest BCUT2D eigenvalue weighted by atomic mass is 35.5. The number of amides is 2. The number of hydrogen-bond donors (Lipinski definition) is 2. The summed E-state index contributed by atoms with van der Waals surface area (Å²) < 4.78 is 5.14. The molecule has 0 bridgehead atoms. The fraction of sp³-hybridized carbons (Fsp3) is 0.333. The summed E-state index contributed by atoms with van der Waals surface area (Å²) in [7, 11) is 3.28. The van der Waals surface area contributed by atoms with E-state index in [4.69, 9.17) is 27.9 Å². The summed E-state index contributed by atoms with van der Waals surface area (Å²) in [5, 5.41) is 6.74. The fourth-order valence-corrected chi connectivity index (χ4v) is 3.30. The van der Waals surface area contributed by atoms with Crippen molar-refractivity contribution in [2.45, 2.75) is 25.9 Å². The van der Waals surface area contributed by atoms with Crippen molar-refractivity contribution < 1.29 is 14.3 Å². The van der Waals surface area contributed by atoms with Crippen molar-refractivity contribution in [1.82, 2.24) is 10.2 Å². The molecule has 8 heteroatoms. The van der Waals surface area contributed by atoms with Gasteiger partial charge in [-0.2, -0.15) is 0 Å². The van der Waals surface area contributed by atoms with Gasteiger partial charge in [-0.05, 0) is 50.7 Å². The van der Waals surface area contributed by atoms with Gasteiger partial charge in [0.2, 0.25) is 11.8 Å². The third-order valence-corrected chi connectivity index (χ3v) is 5.14. The maximum atomic E-state index is 12.6. The van der Waals surface area contributed by atoms with Gasteiger partial charge in [0.1, 0.15) is 5.75 Å². The molecule has 156 valence electrons. The van der Waals surface area contributed by atoms with Gasteiger partial charge in [0.25, 0.3) is 0 Å². The maximum Gasteiger partial charge on any atom is 0.238 e. The van der Waals surface area contributed by atoms with Crippen LogP contribution in [0.4, 0.5) is 5.69 Å². The second kappa shape index (κ2) is 10.5. The number of rotatable bonds is 8. The zero-order valence-corrected chi connectivity index (χ0v) is 18.3. The molecule has 0 aliphatic carbocycles. The first kappa shape index (κ1) is 23.0. The number of carbonyl (C=O) groups excluding carboxylic acids is 2. The summed E-state index contributed by atoms with van der Waals surface area (Å²) in [6.45, 7) is 3.64. The highest BCUT2D eigenvalue weighted by molar-refractivity contribution is 6.35. The molecule has 0 unspecified atom stereocenters. The highest BCUT2D eigenvalue weighted by Crippen LogP contribution is 2.26. The molecule has 0 fully saturated rings. The Kier molecular flexibility index (Phi) is 8.32. The lowest BCUT2D eigenvalue weighted by atomic mass is 10.1. The van der Waals surface area contributed by atoms with Crippen molar-refractivity contribution >= 4 is 40.7 Å². The number of nitrogens with one attached hydrogen (secondary N) is 2. The summed E-state index contributed by atoms with van der Waals surface area (Å²) in [5.74, 6) is 0.216. The monoisotopic (exact) mass is 437 g/mol. The normalized spacial score (nSPS) is 12.9. The molecular weight excluding hydrogens is 413 g/mol. The van der Waals surface area contributed by atoms with Crippen molar-refractivity contribution in [1.29, 1.82) is 0 Å². The van der Waals surface area contributed by atoms with Gasteiger partial charge in [-0.1, -0.05) is 35.3 Å². The van der Waals surface area contributed by atoms with Crippen molar-refractivity contribution in [2.75, 3.05) is 26.0 Å². The zero-order chi connectivity index (χ0) is 21.6. The second-order valence-electron chi connectivity index (χ2n) is 6.77. The Morgan fingerprint density at radius 1 is 1.14 bits per heavy atom. The van der Waals surface area contributed by atoms with Crippen LogP contribution in [0.5, 0.6) is 5.75 Å². The molecule has 0 radical (unpaired) electrons. The van der Waals surface area contributed by atoms with Gasteiger partial charge in [-0.15, -0.1) is 0 Å². The highest BCUT2D eigenvalue weighted by Gasteiger charge is 2.22. The summed E-state index contributed by atoms with van der Waals surface area (Å²) in [6, 6.07) is 11.4.